The van der Waals surface area contributed by atoms with E-state index in [1.165, 1.54) is 11.8 Å². The first-order chi connectivity index (χ1) is 8.22. The minimum absolute atomic E-state index is 0.0221. The fourth-order valence-corrected chi connectivity index (χ4v) is 1.83. The van der Waals surface area contributed by atoms with Crippen molar-refractivity contribution in [2.45, 2.75) is 12.2 Å². The lowest BCUT2D eigenvalue weighted by molar-refractivity contribution is -0.115. The number of benzene rings is 1. The number of fused-ring (bicyclic) bond motifs is 1. The Bertz CT molecular complexity index is 536. The first-order valence-electron chi connectivity index (χ1n) is 5.40. The van der Waals surface area contributed by atoms with Gasteiger partial charge in [-0.1, -0.05) is 6.07 Å². The monoisotopic (exact) mass is 246 g/mol. The molecule has 1 atom stereocenters. The van der Waals surface area contributed by atoms with E-state index in [1.54, 1.807) is 6.20 Å². The highest BCUT2D eigenvalue weighted by atomic mass is 32.2. The Morgan fingerprint density at radius 1 is 1.35 bits per heavy atom. The molecule has 2 aromatic rings. The topological polar surface area (TPSA) is 42.0 Å². The third-order valence-corrected chi connectivity index (χ3v) is 3.55. The second kappa shape index (κ2) is 5.19. The number of anilines is 1. The van der Waals surface area contributed by atoms with Gasteiger partial charge in [-0.2, -0.15) is 11.8 Å². The third kappa shape index (κ3) is 2.58. The molecule has 0 aliphatic heterocycles. The van der Waals surface area contributed by atoms with Crippen LogP contribution in [-0.4, -0.2) is 22.4 Å². The van der Waals surface area contributed by atoms with Crippen LogP contribution in [0.25, 0.3) is 10.9 Å². The first-order valence-corrected chi connectivity index (χ1v) is 6.68. The number of pyridine rings is 1. The Labute approximate surface area is 105 Å². The van der Waals surface area contributed by atoms with Crippen molar-refractivity contribution in [2.24, 2.45) is 0 Å². The molecule has 3 nitrogen and oxygen atoms in total. The van der Waals surface area contributed by atoms with Gasteiger partial charge in [0.15, 0.2) is 0 Å². The Balaban J connectivity index is 2.33. The zero-order chi connectivity index (χ0) is 12.3. The van der Waals surface area contributed by atoms with E-state index in [4.69, 9.17) is 0 Å². The lowest BCUT2D eigenvalue weighted by Gasteiger charge is -2.11. The number of nitrogens with zero attached hydrogens (tertiary/aromatic N) is 1. The molecule has 88 valence electrons. The molecular formula is C13H14N2OS. The third-order valence-electron chi connectivity index (χ3n) is 2.63. The highest BCUT2D eigenvalue weighted by molar-refractivity contribution is 7.99. The SMILES string of the molecule is CSC(C)C(=O)Nc1cccc2ncccc12. The summed E-state index contributed by atoms with van der Waals surface area (Å²) >= 11 is 1.53. The number of carbonyl (C=O) groups is 1. The van der Waals surface area contributed by atoms with Crippen LogP contribution in [0.4, 0.5) is 5.69 Å². The summed E-state index contributed by atoms with van der Waals surface area (Å²) in [6, 6.07) is 9.56. The maximum atomic E-state index is 11.8. The van der Waals surface area contributed by atoms with Crippen LogP contribution >= 0.6 is 11.8 Å². The van der Waals surface area contributed by atoms with Crippen LogP contribution in [0.3, 0.4) is 0 Å². The average Bonchev–Trinajstić information content (AvgIpc) is 2.38. The molecule has 4 heteroatoms. The molecule has 0 spiro atoms. The van der Waals surface area contributed by atoms with Gasteiger partial charge in [0.05, 0.1) is 16.5 Å². The van der Waals surface area contributed by atoms with Crippen molar-refractivity contribution in [2.75, 3.05) is 11.6 Å². The highest BCUT2D eigenvalue weighted by Gasteiger charge is 2.12. The van der Waals surface area contributed by atoms with Gasteiger partial charge in [0.1, 0.15) is 0 Å². The summed E-state index contributed by atoms with van der Waals surface area (Å²) in [6.07, 6.45) is 3.67. The predicted molar refractivity (Wildman–Crippen MR) is 73.3 cm³/mol. The van der Waals surface area contributed by atoms with E-state index in [0.717, 1.165) is 16.6 Å². The number of hydrogen-bond acceptors (Lipinski definition) is 3. The van der Waals surface area contributed by atoms with Gasteiger partial charge in [0, 0.05) is 11.6 Å². The molecule has 1 aromatic heterocycles. The minimum Gasteiger partial charge on any atom is -0.325 e. The van der Waals surface area contributed by atoms with Gasteiger partial charge < -0.3 is 5.32 Å². The Hall–Kier alpha value is -1.55. The van der Waals surface area contributed by atoms with Gasteiger partial charge in [-0.05, 0) is 37.4 Å². The Kier molecular flexibility index (Phi) is 3.64. The van der Waals surface area contributed by atoms with E-state index < -0.39 is 0 Å². The van der Waals surface area contributed by atoms with Crippen molar-refractivity contribution in [1.29, 1.82) is 0 Å². The fraction of sp³-hybridized carbons (Fsp3) is 0.231. The molecule has 0 saturated carbocycles. The van der Waals surface area contributed by atoms with Crippen LogP contribution in [-0.2, 0) is 4.79 Å². The van der Waals surface area contributed by atoms with Crippen LogP contribution in [0.1, 0.15) is 6.92 Å². The molecule has 0 bridgehead atoms. The number of aromatic nitrogens is 1. The van der Waals surface area contributed by atoms with E-state index in [1.807, 2.05) is 43.5 Å². The molecule has 0 aliphatic rings. The van der Waals surface area contributed by atoms with E-state index in [0.29, 0.717) is 0 Å². The number of thioether (sulfide) groups is 1. The summed E-state index contributed by atoms with van der Waals surface area (Å²) in [5.41, 5.74) is 1.71. The van der Waals surface area contributed by atoms with Crippen LogP contribution in [0, 0.1) is 0 Å². The number of carbonyl (C=O) groups excluding carboxylic acids is 1. The molecule has 0 radical (unpaired) electrons. The van der Waals surface area contributed by atoms with Crippen molar-refractivity contribution in [1.82, 2.24) is 4.98 Å². The molecule has 1 unspecified atom stereocenters. The van der Waals surface area contributed by atoms with E-state index in [9.17, 15) is 4.79 Å². The maximum absolute atomic E-state index is 11.8. The number of rotatable bonds is 3. The second-order valence-electron chi connectivity index (χ2n) is 3.74. The van der Waals surface area contributed by atoms with Crippen molar-refractivity contribution < 1.29 is 4.79 Å². The maximum Gasteiger partial charge on any atom is 0.237 e. The average molecular weight is 246 g/mol. The zero-order valence-electron chi connectivity index (χ0n) is 9.81. The van der Waals surface area contributed by atoms with Crippen molar-refractivity contribution >= 4 is 34.3 Å². The molecular weight excluding hydrogens is 232 g/mol. The van der Waals surface area contributed by atoms with Gasteiger partial charge >= 0.3 is 0 Å². The van der Waals surface area contributed by atoms with Gasteiger partial charge in [0.25, 0.3) is 0 Å². The normalized spacial score (nSPS) is 12.4. The zero-order valence-corrected chi connectivity index (χ0v) is 10.6. The minimum atomic E-state index is -0.0538. The lowest BCUT2D eigenvalue weighted by Crippen LogP contribution is -2.22. The largest absolute Gasteiger partial charge is 0.325 e. The smallest absolute Gasteiger partial charge is 0.237 e. The molecule has 17 heavy (non-hydrogen) atoms. The van der Waals surface area contributed by atoms with Crippen molar-refractivity contribution in [3.8, 4) is 0 Å². The summed E-state index contributed by atoms with van der Waals surface area (Å²) in [5.74, 6) is 0.0221. The fourth-order valence-electron chi connectivity index (χ4n) is 1.55. The summed E-state index contributed by atoms with van der Waals surface area (Å²) in [7, 11) is 0. The van der Waals surface area contributed by atoms with Crippen molar-refractivity contribution in [3.63, 3.8) is 0 Å². The lowest BCUT2D eigenvalue weighted by atomic mass is 10.2. The summed E-state index contributed by atoms with van der Waals surface area (Å²) in [5, 5.41) is 3.85. The molecule has 0 aliphatic carbocycles. The van der Waals surface area contributed by atoms with E-state index in [2.05, 4.69) is 10.3 Å². The Morgan fingerprint density at radius 2 is 2.18 bits per heavy atom. The number of nitrogens with one attached hydrogen (secondary N) is 1. The quantitative estimate of drug-likeness (QED) is 0.905. The number of hydrogen-bond donors (Lipinski definition) is 1. The summed E-state index contributed by atoms with van der Waals surface area (Å²) in [6.45, 7) is 1.89. The molecule has 1 amide bonds. The summed E-state index contributed by atoms with van der Waals surface area (Å²) < 4.78 is 0. The Morgan fingerprint density at radius 3 is 2.94 bits per heavy atom. The molecule has 1 N–H and O–H groups in total. The van der Waals surface area contributed by atoms with Crippen LogP contribution < -0.4 is 5.32 Å². The summed E-state index contributed by atoms with van der Waals surface area (Å²) in [4.78, 5) is 16.1. The molecule has 0 fully saturated rings. The standard InChI is InChI=1S/C13H14N2OS/c1-9(17-2)13(16)15-12-7-3-6-11-10(12)5-4-8-14-11/h3-9H,1-2H3,(H,15,16). The van der Waals surface area contributed by atoms with Gasteiger partial charge in [-0.15, -0.1) is 0 Å². The molecule has 2 rings (SSSR count). The van der Waals surface area contributed by atoms with Crippen LogP contribution in [0.5, 0.6) is 0 Å². The van der Waals surface area contributed by atoms with E-state index in [-0.39, 0.29) is 11.2 Å². The first kappa shape index (κ1) is 11.9. The van der Waals surface area contributed by atoms with Gasteiger partial charge in [-0.25, -0.2) is 0 Å². The van der Waals surface area contributed by atoms with Crippen molar-refractivity contribution in [3.05, 3.63) is 36.5 Å². The molecule has 1 aromatic carbocycles. The van der Waals surface area contributed by atoms with Gasteiger partial charge in [0.2, 0.25) is 5.91 Å². The van der Waals surface area contributed by atoms with Gasteiger partial charge in [-0.3, -0.25) is 9.78 Å². The molecule has 1 heterocycles. The predicted octanol–water partition coefficient (Wildman–Crippen LogP) is 2.92. The van der Waals surface area contributed by atoms with Crippen LogP contribution in [0.2, 0.25) is 0 Å². The molecule has 0 saturated heterocycles. The van der Waals surface area contributed by atoms with E-state index >= 15 is 0 Å². The second-order valence-corrected chi connectivity index (χ2v) is 4.92. The highest BCUT2D eigenvalue weighted by Crippen LogP contribution is 2.22. The number of amides is 1. The van der Waals surface area contributed by atoms with Crippen LogP contribution in [0.15, 0.2) is 36.5 Å².